The summed E-state index contributed by atoms with van der Waals surface area (Å²) in [6.07, 6.45) is 0. The third-order valence-corrected chi connectivity index (χ3v) is 3.82. The topological polar surface area (TPSA) is 21.3 Å². The van der Waals surface area contributed by atoms with Gasteiger partial charge in [-0.05, 0) is 42.8 Å². The Labute approximate surface area is 141 Å². The summed E-state index contributed by atoms with van der Waals surface area (Å²) in [7, 11) is 0. The lowest BCUT2D eigenvalue weighted by molar-refractivity contribution is 0.300. The summed E-state index contributed by atoms with van der Waals surface area (Å²) in [5, 5.41) is 3.38. The molecule has 0 aliphatic carbocycles. The lowest BCUT2D eigenvalue weighted by Gasteiger charge is -2.09. The third kappa shape index (κ3) is 4.35. The maximum Gasteiger partial charge on any atom is 0.129 e. The molecule has 3 heteroatoms. The monoisotopic (exact) mass is 321 g/mol. The van der Waals surface area contributed by atoms with Crippen molar-refractivity contribution in [3.63, 3.8) is 0 Å². The van der Waals surface area contributed by atoms with Crippen LogP contribution in [0.25, 0.3) is 0 Å². The van der Waals surface area contributed by atoms with E-state index in [-0.39, 0.29) is 12.4 Å². The van der Waals surface area contributed by atoms with Gasteiger partial charge in [0.05, 0.1) is 0 Å². The maximum atomic E-state index is 13.6. The number of hydrogen-bond donors (Lipinski definition) is 1. The molecule has 0 amide bonds. The molecule has 0 spiro atoms. The van der Waals surface area contributed by atoms with Gasteiger partial charge in [-0.15, -0.1) is 0 Å². The average Bonchev–Trinajstić information content (AvgIpc) is 2.61. The van der Waals surface area contributed by atoms with E-state index in [0.717, 1.165) is 23.5 Å². The third-order valence-electron chi connectivity index (χ3n) is 3.82. The van der Waals surface area contributed by atoms with Crippen LogP contribution in [0.4, 0.5) is 10.1 Å². The number of halogens is 1. The molecule has 0 atom stereocenters. The minimum Gasteiger partial charge on any atom is -0.489 e. The van der Waals surface area contributed by atoms with Crippen molar-refractivity contribution in [3.8, 4) is 5.75 Å². The fourth-order valence-corrected chi connectivity index (χ4v) is 2.36. The molecule has 3 rings (SSSR count). The molecule has 3 aromatic carbocycles. The van der Waals surface area contributed by atoms with Crippen LogP contribution in [-0.2, 0) is 13.2 Å². The van der Waals surface area contributed by atoms with Gasteiger partial charge in [0.15, 0.2) is 0 Å². The number of benzene rings is 3. The lowest BCUT2D eigenvalue weighted by atomic mass is 10.2. The predicted molar refractivity (Wildman–Crippen MR) is 95.7 cm³/mol. The molecule has 2 nitrogen and oxygen atoms in total. The number of anilines is 1. The quantitative estimate of drug-likeness (QED) is 0.663. The minimum atomic E-state index is -0.239. The van der Waals surface area contributed by atoms with Gasteiger partial charge in [0.2, 0.25) is 0 Å². The smallest absolute Gasteiger partial charge is 0.129 e. The Hall–Kier alpha value is -2.81. The molecular formula is C21H20FNO. The van der Waals surface area contributed by atoms with Crippen molar-refractivity contribution < 1.29 is 9.13 Å². The highest BCUT2D eigenvalue weighted by Crippen LogP contribution is 2.17. The Balaban J connectivity index is 1.53. The van der Waals surface area contributed by atoms with Crippen molar-refractivity contribution in [1.29, 1.82) is 0 Å². The first kappa shape index (κ1) is 16.1. The highest BCUT2D eigenvalue weighted by Gasteiger charge is 2.02. The summed E-state index contributed by atoms with van der Waals surface area (Å²) in [5.74, 6) is 0.494. The number of nitrogens with one attached hydrogen (secondary N) is 1. The first-order valence-electron chi connectivity index (χ1n) is 7.96. The normalized spacial score (nSPS) is 10.4. The van der Waals surface area contributed by atoms with Crippen molar-refractivity contribution in [1.82, 2.24) is 0 Å². The van der Waals surface area contributed by atoms with E-state index in [1.807, 2.05) is 30.3 Å². The summed E-state index contributed by atoms with van der Waals surface area (Å²) < 4.78 is 19.2. The zero-order valence-electron chi connectivity index (χ0n) is 13.6. The van der Waals surface area contributed by atoms with Gasteiger partial charge in [0.25, 0.3) is 0 Å². The van der Waals surface area contributed by atoms with Gasteiger partial charge in [0.1, 0.15) is 18.2 Å². The molecule has 0 heterocycles. The summed E-state index contributed by atoms with van der Waals surface area (Å²) in [6.45, 7) is 3.05. The minimum absolute atomic E-state index is 0.230. The van der Waals surface area contributed by atoms with E-state index < -0.39 is 0 Å². The SMILES string of the molecule is Cc1ccc(NCc2ccc(OCc3ccccc3F)cc2)cc1. The van der Waals surface area contributed by atoms with Crippen molar-refractivity contribution in [2.75, 3.05) is 5.32 Å². The van der Waals surface area contributed by atoms with Crippen LogP contribution in [0.2, 0.25) is 0 Å². The molecule has 0 radical (unpaired) electrons. The Kier molecular flexibility index (Phi) is 5.12. The van der Waals surface area contributed by atoms with Crippen LogP contribution >= 0.6 is 0 Å². The van der Waals surface area contributed by atoms with Gasteiger partial charge in [0, 0.05) is 17.8 Å². The lowest BCUT2D eigenvalue weighted by Crippen LogP contribution is -2.00. The van der Waals surface area contributed by atoms with Crippen molar-refractivity contribution in [2.45, 2.75) is 20.1 Å². The first-order valence-corrected chi connectivity index (χ1v) is 7.96. The molecule has 0 aliphatic heterocycles. The van der Waals surface area contributed by atoms with Crippen LogP contribution in [0.5, 0.6) is 5.75 Å². The summed E-state index contributed by atoms with van der Waals surface area (Å²) in [6, 6.07) is 22.8. The second-order valence-electron chi connectivity index (χ2n) is 5.74. The van der Waals surface area contributed by atoms with E-state index in [2.05, 4.69) is 36.5 Å². The molecule has 0 aromatic heterocycles. The van der Waals surface area contributed by atoms with Crippen LogP contribution in [0, 0.1) is 12.7 Å². The number of aryl methyl sites for hydroxylation is 1. The Bertz CT molecular complexity index is 782. The summed E-state index contributed by atoms with van der Waals surface area (Å²) in [4.78, 5) is 0. The average molecular weight is 321 g/mol. The van der Waals surface area contributed by atoms with Gasteiger partial charge in [-0.2, -0.15) is 0 Å². The van der Waals surface area contributed by atoms with Crippen molar-refractivity contribution in [3.05, 3.63) is 95.3 Å². The highest BCUT2D eigenvalue weighted by molar-refractivity contribution is 5.45. The van der Waals surface area contributed by atoms with Crippen LogP contribution in [0.3, 0.4) is 0 Å². The fraction of sp³-hybridized carbons (Fsp3) is 0.143. The van der Waals surface area contributed by atoms with Crippen molar-refractivity contribution >= 4 is 5.69 Å². The second-order valence-corrected chi connectivity index (χ2v) is 5.74. The molecule has 3 aromatic rings. The van der Waals surface area contributed by atoms with E-state index in [1.165, 1.54) is 11.6 Å². The Morgan fingerprint density at radius 1 is 0.875 bits per heavy atom. The first-order chi connectivity index (χ1) is 11.7. The molecular weight excluding hydrogens is 301 g/mol. The van der Waals surface area contributed by atoms with Gasteiger partial charge < -0.3 is 10.1 Å². The summed E-state index contributed by atoms with van der Waals surface area (Å²) in [5.41, 5.74) is 4.06. The fourth-order valence-electron chi connectivity index (χ4n) is 2.36. The van der Waals surface area contributed by atoms with E-state index >= 15 is 0 Å². The van der Waals surface area contributed by atoms with Crippen LogP contribution in [0.15, 0.2) is 72.8 Å². The Morgan fingerprint density at radius 3 is 2.29 bits per heavy atom. The van der Waals surface area contributed by atoms with E-state index in [9.17, 15) is 4.39 Å². The molecule has 0 bridgehead atoms. The van der Waals surface area contributed by atoms with Gasteiger partial charge in [-0.25, -0.2) is 4.39 Å². The largest absolute Gasteiger partial charge is 0.489 e. The van der Waals surface area contributed by atoms with Gasteiger partial charge in [-0.1, -0.05) is 48.0 Å². The second kappa shape index (κ2) is 7.64. The van der Waals surface area contributed by atoms with Crippen molar-refractivity contribution in [2.24, 2.45) is 0 Å². The molecule has 0 fully saturated rings. The van der Waals surface area contributed by atoms with E-state index in [0.29, 0.717) is 5.56 Å². The Morgan fingerprint density at radius 2 is 1.58 bits per heavy atom. The molecule has 1 N–H and O–H groups in total. The molecule has 0 saturated heterocycles. The van der Waals surface area contributed by atoms with Gasteiger partial charge >= 0.3 is 0 Å². The van der Waals surface area contributed by atoms with Crippen LogP contribution < -0.4 is 10.1 Å². The maximum absolute atomic E-state index is 13.6. The highest BCUT2D eigenvalue weighted by atomic mass is 19.1. The number of rotatable bonds is 6. The molecule has 24 heavy (non-hydrogen) atoms. The van der Waals surface area contributed by atoms with E-state index in [4.69, 9.17) is 4.74 Å². The zero-order valence-corrected chi connectivity index (χ0v) is 13.6. The predicted octanol–water partition coefficient (Wildman–Crippen LogP) is 5.33. The van der Waals surface area contributed by atoms with E-state index in [1.54, 1.807) is 12.1 Å². The number of hydrogen-bond acceptors (Lipinski definition) is 2. The molecule has 0 saturated carbocycles. The summed E-state index contributed by atoms with van der Waals surface area (Å²) >= 11 is 0. The van der Waals surface area contributed by atoms with Crippen LogP contribution in [0.1, 0.15) is 16.7 Å². The molecule has 0 unspecified atom stereocenters. The molecule has 0 aliphatic rings. The molecule has 122 valence electrons. The van der Waals surface area contributed by atoms with Gasteiger partial charge in [-0.3, -0.25) is 0 Å². The zero-order chi connectivity index (χ0) is 16.8. The van der Waals surface area contributed by atoms with Crippen LogP contribution in [-0.4, -0.2) is 0 Å². The number of ether oxygens (including phenoxy) is 1. The standard InChI is InChI=1S/C21H20FNO/c1-16-6-10-19(11-7-16)23-14-17-8-12-20(13-9-17)24-15-18-4-2-3-5-21(18)22/h2-13,23H,14-15H2,1H3.